The smallest absolute Gasteiger partial charge is 0.137 e. The van der Waals surface area contributed by atoms with Crippen molar-refractivity contribution in [3.63, 3.8) is 0 Å². The summed E-state index contributed by atoms with van der Waals surface area (Å²) in [5.74, 6) is 0.856. The lowest BCUT2D eigenvalue weighted by atomic mass is 9.85. The average Bonchev–Trinajstić information content (AvgIpc) is 2.60. The predicted molar refractivity (Wildman–Crippen MR) is 72.3 cm³/mol. The molecule has 92 valence electrons. The molecule has 0 spiro atoms. The van der Waals surface area contributed by atoms with Crippen LogP contribution in [0, 0.1) is 6.92 Å². The van der Waals surface area contributed by atoms with Crippen molar-refractivity contribution in [1.82, 2.24) is 0 Å². The van der Waals surface area contributed by atoms with Crippen molar-refractivity contribution in [2.45, 2.75) is 46.1 Å². The molecule has 0 radical (unpaired) electrons. The van der Waals surface area contributed by atoms with Crippen molar-refractivity contribution < 1.29 is 4.42 Å². The molecule has 0 saturated carbocycles. The van der Waals surface area contributed by atoms with Gasteiger partial charge in [0, 0.05) is 5.39 Å². The zero-order valence-corrected chi connectivity index (χ0v) is 11.3. The number of furan rings is 1. The minimum Gasteiger partial charge on any atom is -0.459 e. The van der Waals surface area contributed by atoms with Crippen LogP contribution in [0.5, 0.6) is 0 Å². The van der Waals surface area contributed by atoms with E-state index in [0.29, 0.717) is 0 Å². The molecular formula is C15H21NO. The van der Waals surface area contributed by atoms with Crippen LogP contribution in [0.25, 0.3) is 11.0 Å². The molecule has 2 nitrogen and oxygen atoms in total. The maximum absolute atomic E-state index is 5.86. The molecule has 17 heavy (non-hydrogen) atoms. The Morgan fingerprint density at radius 1 is 1.18 bits per heavy atom. The summed E-state index contributed by atoms with van der Waals surface area (Å²) in [6, 6.07) is 6.41. The fraction of sp³-hybridized carbons (Fsp3) is 0.467. The Kier molecular flexibility index (Phi) is 2.78. The Morgan fingerprint density at radius 2 is 1.82 bits per heavy atom. The highest BCUT2D eigenvalue weighted by Crippen LogP contribution is 2.31. The van der Waals surface area contributed by atoms with E-state index in [4.69, 9.17) is 10.2 Å². The summed E-state index contributed by atoms with van der Waals surface area (Å²) in [4.78, 5) is 0. The molecule has 0 amide bonds. The summed E-state index contributed by atoms with van der Waals surface area (Å²) in [6.45, 7) is 10.7. The van der Waals surface area contributed by atoms with E-state index in [0.717, 1.165) is 16.7 Å². The van der Waals surface area contributed by atoms with E-state index in [-0.39, 0.29) is 11.5 Å². The van der Waals surface area contributed by atoms with Gasteiger partial charge in [0.1, 0.15) is 11.3 Å². The van der Waals surface area contributed by atoms with Gasteiger partial charge in [-0.25, -0.2) is 0 Å². The molecule has 0 fully saturated rings. The Bertz CT molecular complexity index is 544. The van der Waals surface area contributed by atoms with Crippen LogP contribution in [0.4, 0.5) is 0 Å². The first-order valence-electron chi connectivity index (χ1n) is 6.09. The molecule has 0 aliphatic carbocycles. The SMILES string of the molecule is Cc1cc(C(C)(C)C)cc2cc(C(C)N)oc12. The monoisotopic (exact) mass is 231 g/mol. The normalized spacial score (nSPS) is 14.2. The molecule has 2 heteroatoms. The van der Waals surface area contributed by atoms with Gasteiger partial charge in [-0.2, -0.15) is 0 Å². The predicted octanol–water partition coefficient (Wildman–Crippen LogP) is 4.06. The number of hydrogen-bond acceptors (Lipinski definition) is 2. The lowest BCUT2D eigenvalue weighted by Gasteiger charge is -2.19. The van der Waals surface area contributed by atoms with Crippen molar-refractivity contribution in [2.24, 2.45) is 5.73 Å². The first-order valence-corrected chi connectivity index (χ1v) is 6.09. The first-order chi connectivity index (χ1) is 7.79. The van der Waals surface area contributed by atoms with Gasteiger partial charge >= 0.3 is 0 Å². The van der Waals surface area contributed by atoms with Crippen molar-refractivity contribution in [1.29, 1.82) is 0 Å². The zero-order valence-electron chi connectivity index (χ0n) is 11.3. The summed E-state index contributed by atoms with van der Waals surface area (Å²) < 4.78 is 5.80. The summed E-state index contributed by atoms with van der Waals surface area (Å²) >= 11 is 0. The van der Waals surface area contributed by atoms with Crippen LogP contribution in [0.3, 0.4) is 0 Å². The molecule has 1 atom stereocenters. The molecule has 1 unspecified atom stereocenters. The van der Waals surface area contributed by atoms with E-state index in [1.807, 2.05) is 6.92 Å². The third-order valence-electron chi connectivity index (χ3n) is 3.14. The minimum absolute atomic E-state index is 0.0557. The molecule has 2 N–H and O–H groups in total. The lowest BCUT2D eigenvalue weighted by molar-refractivity contribution is 0.511. The molecule has 0 saturated heterocycles. The standard InChI is InChI=1S/C15H21NO/c1-9-6-12(15(3,4)5)7-11-8-13(10(2)16)17-14(9)11/h6-8,10H,16H2,1-5H3. The molecule has 1 aromatic heterocycles. The third-order valence-corrected chi connectivity index (χ3v) is 3.14. The lowest BCUT2D eigenvalue weighted by Crippen LogP contribution is -2.10. The Morgan fingerprint density at radius 3 is 2.35 bits per heavy atom. The second kappa shape index (κ2) is 3.88. The quantitative estimate of drug-likeness (QED) is 0.804. The van der Waals surface area contributed by atoms with E-state index in [1.165, 1.54) is 11.1 Å². The first kappa shape index (κ1) is 12.2. The highest BCUT2D eigenvalue weighted by molar-refractivity contribution is 5.82. The van der Waals surface area contributed by atoms with E-state index in [9.17, 15) is 0 Å². The summed E-state index contributed by atoms with van der Waals surface area (Å²) in [6.07, 6.45) is 0. The highest BCUT2D eigenvalue weighted by Gasteiger charge is 2.17. The zero-order chi connectivity index (χ0) is 12.8. The second-order valence-corrected chi connectivity index (χ2v) is 5.90. The molecular weight excluding hydrogens is 210 g/mol. The molecule has 0 aliphatic heterocycles. The number of hydrogen-bond donors (Lipinski definition) is 1. The summed E-state index contributed by atoms with van der Waals surface area (Å²) in [5, 5.41) is 1.15. The average molecular weight is 231 g/mol. The van der Waals surface area contributed by atoms with Crippen molar-refractivity contribution in [3.8, 4) is 0 Å². The molecule has 1 heterocycles. The Balaban J connectivity index is 2.65. The van der Waals surface area contributed by atoms with Crippen LogP contribution >= 0.6 is 0 Å². The van der Waals surface area contributed by atoms with Gasteiger partial charge in [0.2, 0.25) is 0 Å². The van der Waals surface area contributed by atoms with E-state index in [2.05, 4.69) is 45.9 Å². The Hall–Kier alpha value is -1.28. The highest BCUT2D eigenvalue weighted by atomic mass is 16.3. The van der Waals surface area contributed by atoms with Gasteiger partial charge in [0.25, 0.3) is 0 Å². The molecule has 0 aliphatic rings. The minimum atomic E-state index is -0.0557. The fourth-order valence-corrected chi connectivity index (χ4v) is 2.01. The van der Waals surface area contributed by atoms with Crippen LogP contribution in [0.1, 0.15) is 50.6 Å². The van der Waals surface area contributed by atoms with E-state index < -0.39 is 0 Å². The second-order valence-electron chi connectivity index (χ2n) is 5.90. The van der Waals surface area contributed by atoms with Gasteiger partial charge in [0.15, 0.2) is 0 Å². The van der Waals surface area contributed by atoms with Gasteiger partial charge in [-0.1, -0.05) is 26.8 Å². The van der Waals surface area contributed by atoms with Crippen molar-refractivity contribution in [2.75, 3.05) is 0 Å². The van der Waals surface area contributed by atoms with Crippen LogP contribution in [0.2, 0.25) is 0 Å². The van der Waals surface area contributed by atoms with Crippen molar-refractivity contribution in [3.05, 3.63) is 35.1 Å². The fourth-order valence-electron chi connectivity index (χ4n) is 2.01. The number of benzene rings is 1. The number of fused-ring (bicyclic) bond motifs is 1. The molecule has 2 aromatic rings. The topological polar surface area (TPSA) is 39.2 Å². The molecule has 1 aromatic carbocycles. The van der Waals surface area contributed by atoms with E-state index in [1.54, 1.807) is 0 Å². The van der Waals surface area contributed by atoms with Gasteiger partial charge in [-0.3, -0.25) is 0 Å². The summed E-state index contributed by atoms with van der Waals surface area (Å²) in [7, 11) is 0. The number of rotatable bonds is 1. The van der Waals surface area contributed by atoms with Gasteiger partial charge in [-0.05, 0) is 42.5 Å². The molecule has 0 bridgehead atoms. The maximum Gasteiger partial charge on any atom is 0.137 e. The van der Waals surface area contributed by atoms with Crippen molar-refractivity contribution >= 4 is 11.0 Å². The van der Waals surface area contributed by atoms with Gasteiger partial charge in [-0.15, -0.1) is 0 Å². The van der Waals surface area contributed by atoms with Crippen LogP contribution in [-0.4, -0.2) is 0 Å². The maximum atomic E-state index is 5.86. The Labute approximate surface area is 103 Å². The van der Waals surface area contributed by atoms with E-state index >= 15 is 0 Å². The number of aryl methyl sites for hydroxylation is 1. The van der Waals surface area contributed by atoms with Crippen LogP contribution in [0.15, 0.2) is 22.6 Å². The van der Waals surface area contributed by atoms with Gasteiger partial charge < -0.3 is 10.2 Å². The van der Waals surface area contributed by atoms with Crippen LogP contribution < -0.4 is 5.73 Å². The number of nitrogens with two attached hydrogens (primary N) is 1. The third kappa shape index (κ3) is 2.22. The largest absolute Gasteiger partial charge is 0.459 e. The summed E-state index contributed by atoms with van der Waals surface area (Å²) in [5.41, 5.74) is 9.49. The van der Waals surface area contributed by atoms with Gasteiger partial charge in [0.05, 0.1) is 6.04 Å². The van der Waals surface area contributed by atoms with Crippen LogP contribution in [-0.2, 0) is 5.41 Å². The molecule has 2 rings (SSSR count).